The highest BCUT2D eigenvalue weighted by atomic mass is 16.6. The zero-order chi connectivity index (χ0) is 17.6. The van der Waals surface area contributed by atoms with Crippen molar-refractivity contribution in [1.29, 1.82) is 0 Å². The Hall–Kier alpha value is -0.120. The topological polar surface area (TPSA) is 53.0 Å². The molecule has 1 heterocycles. The van der Waals surface area contributed by atoms with Gasteiger partial charge in [-0.1, -0.05) is 13.8 Å². The van der Waals surface area contributed by atoms with Crippen molar-refractivity contribution in [1.82, 2.24) is 0 Å². The van der Waals surface area contributed by atoms with Crippen molar-refractivity contribution in [3.05, 3.63) is 0 Å². The average Bonchev–Trinajstić information content (AvgIpc) is 3.18. The lowest BCUT2D eigenvalue weighted by Crippen LogP contribution is -2.58. The van der Waals surface area contributed by atoms with Crippen molar-refractivity contribution in [3.63, 3.8) is 0 Å². The van der Waals surface area contributed by atoms with Crippen LogP contribution in [0.15, 0.2) is 0 Å². The van der Waals surface area contributed by atoms with Crippen LogP contribution in [0, 0.1) is 40.4 Å². The number of rotatable bonds is 1. The summed E-state index contributed by atoms with van der Waals surface area (Å²) < 4.78 is 5.89. The minimum atomic E-state index is -0.213. The molecular formula is C22H36O3. The molecule has 5 aliphatic rings. The Morgan fingerprint density at radius 2 is 1.48 bits per heavy atom. The van der Waals surface area contributed by atoms with E-state index in [1.165, 1.54) is 25.7 Å². The van der Waals surface area contributed by atoms with Gasteiger partial charge in [0.15, 0.2) is 0 Å². The number of aliphatic hydroxyl groups is 2. The summed E-state index contributed by atoms with van der Waals surface area (Å²) in [7, 11) is 0. The molecule has 0 aromatic carbocycles. The Kier molecular flexibility index (Phi) is 3.56. The average molecular weight is 349 g/mol. The minimum Gasteiger partial charge on any atom is -0.393 e. The lowest BCUT2D eigenvalue weighted by molar-refractivity contribution is -0.172. The smallest absolute Gasteiger partial charge is 0.0921 e. The maximum absolute atomic E-state index is 11.0. The van der Waals surface area contributed by atoms with Crippen molar-refractivity contribution in [2.75, 3.05) is 6.61 Å². The second kappa shape index (κ2) is 5.23. The van der Waals surface area contributed by atoms with Gasteiger partial charge in [-0.05, 0) is 98.7 Å². The summed E-state index contributed by atoms with van der Waals surface area (Å²) in [5, 5.41) is 21.2. The van der Waals surface area contributed by atoms with Gasteiger partial charge in [0.2, 0.25) is 0 Å². The molecule has 1 aliphatic heterocycles. The molecule has 5 fully saturated rings. The van der Waals surface area contributed by atoms with Crippen LogP contribution in [-0.2, 0) is 4.74 Å². The molecule has 3 heteroatoms. The Balaban J connectivity index is 1.46. The van der Waals surface area contributed by atoms with E-state index >= 15 is 0 Å². The first-order valence-electron chi connectivity index (χ1n) is 10.8. The van der Waals surface area contributed by atoms with E-state index in [0.29, 0.717) is 23.2 Å². The molecule has 0 radical (unpaired) electrons. The summed E-state index contributed by atoms with van der Waals surface area (Å²) in [5.74, 6) is 3.21. The number of hydrogen-bond donors (Lipinski definition) is 2. The largest absolute Gasteiger partial charge is 0.393 e. The summed E-state index contributed by atoms with van der Waals surface area (Å²) in [4.78, 5) is 0. The van der Waals surface area contributed by atoms with E-state index in [1.54, 1.807) is 0 Å². The van der Waals surface area contributed by atoms with Crippen LogP contribution in [0.1, 0.15) is 72.1 Å². The Morgan fingerprint density at radius 3 is 2.20 bits per heavy atom. The van der Waals surface area contributed by atoms with Crippen LogP contribution in [0.3, 0.4) is 0 Å². The molecule has 25 heavy (non-hydrogen) atoms. The zero-order valence-corrected chi connectivity index (χ0v) is 16.2. The number of epoxide rings is 1. The first-order chi connectivity index (χ1) is 11.8. The van der Waals surface area contributed by atoms with Gasteiger partial charge in [0.1, 0.15) is 0 Å². The molecule has 0 aromatic rings. The molecule has 5 rings (SSSR count). The summed E-state index contributed by atoms with van der Waals surface area (Å²) in [6.07, 6.45) is 8.72. The summed E-state index contributed by atoms with van der Waals surface area (Å²) in [6.45, 7) is 8.27. The van der Waals surface area contributed by atoms with E-state index in [9.17, 15) is 10.2 Å². The van der Waals surface area contributed by atoms with Gasteiger partial charge in [0, 0.05) is 0 Å². The van der Waals surface area contributed by atoms with Crippen molar-refractivity contribution >= 4 is 0 Å². The fourth-order valence-electron chi connectivity index (χ4n) is 8.60. The number of hydrogen-bond acceptors (Lipinski definition) is 3. The van der Waals surface area contributed by atoms with Crippen LogP contribution < -0.4 is 0 Å². The maximum Gasteiger partial charge on any atom is 0.0921 e. The van der Waals surface area contributed by atoms with Gasteiger partial charge in [-0.25, -0.2) is 0 Å². The van der Waals surface area contributed by atoms with E-state index in [4.69, 9.17) is 4.74 Å². The minimum absolute atomic E-state index is 0.144. The zero-order valence-electron chi connectivity index (χ0n) is 16.2. The highest BCUT2D eigenvalue weighted by molar-refractivity contribution is 5.14. The third kappa shape index (κ3) is 2.21. The molecule has 0 aromatic heterocycles. The lowest BCUT2D eigenvalue weighted by atomic mass is 9.44. The number of ether oxygens (including phenoxy) is 1. The van der Waals surface area contributed by atoms with Crippen molar-refractivity contribution < 1.29 is 14.9 Å². The molecule has 0 bridgehead atoms. The van der Waals surface area contributed by atoms with Gasteiger partial charge >= 0.3 is 0 Å². The van der Waals surface area contributed by atoms with Crippen LogP contribution in [0.5, 0.6) is 0 Å². The third-order valence-corrected chi connectivity index (χ3v) is 9.99. The molecule has 6 unspecified atom stereocenters. The standard InChI is InChI=1S/C22H36O3/c1-20-8-6-13(23)10-17(20)18(24)11-14-15-4-5-19(22(3)12-25-22)21(15,2)9-7-16(14)20/h13-19,23-24H,4-12H2,1-3H3/t13-,14?,15?,16?,17?,18+,19?,20-,21+,22?/m1/s1. The Labute approximate surface area is 152 Å². The second-order valence-electron chi connectivity index (χ2n) is 11.0. The summed E-state index contributed by atoms with van der Waals surface area (Å²) in [6, 6.07) is 0. The summed E-state index contributed by atoms with van der Waals surface area (Å²) in [5.41, 5.74) is 0.787. The molecule has 0 amide bonds. The molecule has 2 N–H and O–H groups in total. The Bertz CT molecular complexity index is 557. The van der Waals surface area contributed by atoms with E-state index in [0.717, 1.165) is 44.1 Å². The van der Waals surface area contributed by atoms with E-state index in [-0.39, 0.29) is 23.2 Å². The maximum atomic E-state index is 11.0. The highest BCUT2D eigenvalue weighted by Crippen LogP contribution is 2.69. The van der Waals surface area contributed by atoms with Gasteiger partial charge in [0.25, 0.3) is 0 Å². The van der Waals surface area contributed by atoms with Gasteiger partial charge in [-0.2, -0.15) is 0 Å². The number of aliphatic hydroxyl groups excluding tert-OH is 2. The van der Waals surface area contributed by atoms with Gasteiger partial charge in [-0.3, -0.25) is 0 Å². The van der Waals surface area contributed by atoms with Crippen LogP contribution in [-0.4, -0.2) is 34.6 Å². The van der Waals surface area contributed by atoms with Crippen LogP contribution in [0.25, 0.3) is 0 Å². The lowest BCUT2D eigenvalue weighted by Gasteiger charge is -2.62. The molecule has 4 saturated carbocycles. The molecule has 4 aliphatic carbocycles. The molecule has 3 nitrogen and oxygen atoms in total. The van der Waals surface area contributed by atoms with E-state index in [2.05, 4.69) is 20.8 Å². The molecular weight excluding hydrogens is 312 g/mol. The fourth-order valence-corrected chi connectivity index (χ4v) is 8.60. The molecule has 0 spiro atoms. The van der Waals surface area contributed by atoms with Crippen LogP contribution in [0.2, 0.25) is 0 Å². The van der Waals surface area contributed by atoms with Crippen molar-refractivity contribution in [2.45, 2.75) is 89.9 Å². The molecule has 1 saturated heterocycles. The predicted octanol–water partition coefficient (Wildman–Crippen LogP) is 3.77. The van der Waals surface area contributed by atoms with Crippen LogP contribution in [0.4, 0.5) is 0 Å². The fraction of sp³-hybridized carbons (Fsp3) is 1.00. The number of fused-ring (bicyclic) bond motifs is 5. The SMILES string of the molecule is CC1(C2CCC3C4C[C@H](O)C5C[C@H](O)CC[C@]5(C)C4CC[C@@]32C)CO1. The first-order valence-corrected chi connectivity index (χ1v) is 10.8. The highest BCUT2D eigenvalue weighted by Gasteiger charge is 2.66. The Morgan fingerprint density at radius 1 is 0.800 bits per heavy atom. The normalized spacial score (nSPS) is 63.5. The first kappa shape index (κ1) is 17.0. The molecule has 142 valence electrons. The predicted molar refractivity (Wildman–Crippen MR) is 97.0 cm³/mol. The van der Waals surface area contributed by atoms with E-state index in [1.807, 2.05) is 0 Å². The van der Waals surface area contributed by atoms with E-state index < -0.39 is 0 Å². The van der Waals surface area contributed by atoms with Crippen LogP contribution >= 0.6 is 0 Å². The van der Waals surface area contributed by atoms with Gasteiger partial charge in [-0.15, -0.1) is 0 Å². The third-order valence-electron chi connectivity index (χ3n) is 9.99. The summed E-state index contributed by atoms with van der Waals surface area (Å²) >= 11 is 0. The second-order valence-corrected chi connectivity index (χ2v) is 11.0. The van der Waals surface area contributed by atoms with Crippen molar-refractivity contribution in [2.24, 2.45) is 40.4 Å². The van der Waals surface area contributed by atoms with Gasteiger partial charge in [0.05, 0.1) is 24.4 Å². The quantitative estimate of drug-likeness (QED) is 0.709. The monoisotopic (exact) mass is 348 g/mol. The molecule has 10 atom stereocenters. The van der Waals surface area contributed by atoms with Gasteiger partial charge < -0.3 is 14.9 Å². The van der Waals surface area contributed by atoms with Crippen molar-refractivity contribution in [3.8, 4) is 0 Å².